The molecule has 0 aliphatic heterocycles. The summed E-state index contributed by atoms with van der Waals surface area (Å²) in [5, 5.41) is 1.81. The van der Waals surface area contributed by atoms with E-state index in [4.69, 9.17) is 11.6 Å². The van der Waals surface area contributed by atoms with Gasteiger partial charge in [0.1, 0.15) is 0 Å². The van der Waals surface area contributed by atoms with Crippen LogP contribution in [0.5, 0.6) is 0 Å². The Kier molecular flexibility index (Phi) is 3.43. The van der Waals surface area contributed by atoms with Crippen molar-refractivity contribution >= 4 is 33.0 Å². The molecule has 0 radical (unpaired) electrons. The highest BCUT2D eigenvalue weighted by Crippen LogP contribution is 2.39. The van der Waals surface area contributed by atoms with Gasteiger partial charge < -0.3 is 0 Å². The number of thiophene rings is 1. The van der Waals surface area contributed by atoms with Gasteiger partial charge in [-0.1, -0.05) is 0 Å². The highest BCUT2D eigenvalue weighted by molar-refractivity contribution is 7.89. The van der Waals surface area contributed by atoms with Gasteiger partial charge in [-0.15, -0.1) is 22.9 Å². The van der Waals surface area contributed by atoms with Crippen molar-refractivity contribution in [2.24, 2.45) is 5.92 Å². The number of sulfonamides is 1. The molecule has 3 nitrogen and oxygen atoms in total. The summed E-state index contributed by atoms with van der Waals surface area (Å²) in [4.78, 5) is 1.19. The van der Waals surface area contributed by atoms with Gasteiger partial charge in [0.05, 0.1) is 10.8 Å². The molecule has 0 N–H and O–H groups in total. The fraction of sp³-hybridized carbons (Fsp3) is 0.667. The van der Waals surface area contributed by atoms with Gasteiger partial charge in [-0.2, -0.15) is 4.31 Å². The van der Waals surface area contributed by atoms with Crippen molar-refractivity contribution in [1.82, 2.24) is 4.31 Å². The van der Waals surface area contributed by atoms with Gasteiger partial charge in [0.25, 0.3) is 0 Å². The number of nitrogens with zero attached hydrogens (tertiary/aromatic N) is 1. The van der Waals surface area contributed by atoms with Crippen LogP contribution in [0.3, 0.4) is 0 Å². The monoisotopic (exact) mass is 305 g/mol. The molecular weight excluding hydrogens is 290 g/mol. The van der Waals surface area contributed by atoms with E-state index in [1.807, 2.05) is 5.38 Å². The standard InChI is InChI=1S/C12H16ClNO2S2/c13-7-11-12(5-6-17-11)18(15,16)14(10-3-4-10)8-9-1-2-9/h5-6,9-10H,1-4,7-8H2. The van der Waals surface area contributed by atoms with Crippen molar-refractivity contribution in [2.45, 2.75) is 42.5 Å². The number of hydrogen-bond acceptors (Lipinski definition) is 3. The predicted octanol–water partition coefficient (Wildman–Crippen LogP) is 3.05. The zero-order valence-electron chi connectivity index (χ0n) is 10.0. The van der Waals surface area contributed by atoms with E-state index < -0.39 is 10.0 Å². The maximum atomic E-state index is 12.7. The molecular formula is C12H16ClNO2S2. The zero-order chi connectivity index (χ0) is 12.8. The molecule has 0 bridgehead atoms. The molecule has 0 saturated heterocycles. The van der Waals surface area contributed by atoms with Gasteiger partial charge in [0.2, 0.25) is 10.0 Å². The fourth-order valence-electron chi connectivity index (χ4n) is 2.14. The van der Waals surface area contributed by atoms with Crippen LogP contribution < -0.4 is 0 Å². The smallest absolute Gasteiger partial charge is 0.207 e. The highest BCUT2D eigenvalue weighted by Gasteiger charge is 2.41. The first-order valence-electron chi connectivity index (χ1n) is 6.27. The fourth-order valence-corrected chi connectivity index (χ4v) is 5.58. The first-order valence-corrected chi connectivity index (χ1v) is 9.12. The van der Waals surface area contributed by atoms with E-state index in [2.05, 4.69) is 0 Å². The van der Waals surface area contributed by atoms with Crippen LogP contribution in [0.2, 0.25) is 0 Å². The first-order chi connectivity index (χ1) is 8.63. The zero-order valence-corrected chi connectivity index (χ0v) is 12.4. The molecule has 100 valence electrons. The van der Waals surface area contributed by atoms with Crippen LogP contribution in [0.25, 0.3) is 0 Å². The Morgan fingerprint density at radius 2 is 2.06 bits per heavy atom. The molecule has 0 spiro atoms. The van der Waals surface area contributed by atoms with Gasteiger partial charge >= 0.3 is 0 Å². The van der Waals surface area contributed by atoms with Crippen molar-refractivity contribution in [3.63, 3.8) is 0 Å². The van der Waals surface area contributed by atoms with Crippen LogP contribution >= 0.6 is 22.9 Å². The molecule has 0 aromatic carbocycles. The molecule has 2 aliphatic carbocycles. The molecule has 1 aromatic rings. The summed E-state index contributed by atoms with van der Waals surface area (Å²) in [7, 11) is -3.33. The minimum absolute atomic E-state index is 0.235. The van der Waals surface area contributed by atoms with Crippen molar-refractivity contribution in [1.29, 1.82) is 0 Å². The summed E-state index contributed by atoms with van der Waals surface area (Å²) in [5.41, 5.74) is 0. The van der Waals surface area contributed by atoms with Crippen molar-refractivity contribution in [3.05, 3.63) is 16.3 Å². The van der Waals surface area contributed by atoms with Gasteiger partial charge in [-0.25, -0.2) is 8.42 Å². The summed E-state index contributed by atoms with van der Waals surface area (Å²) in [6.45, 7) is 0.699. The highest BCUT2D eigenvalue weighted by atomic mass is 35.5. The maximum absolute atomic E-state index is 12.7. The second-order valence-electron chi connectivity index (χ2n) is 5.09. The van der Waals surface area contributed by atoms with E-state index in [9.17, 15) is 8.42 Å². The second-order valence-corrected chi connectivity index (χ2v) is 8.22. The minimum Gasteiger partial charge on any atom is -0.207 e. The van der Waals surface area contributed by atoms with Crippen LogP contribution in [0.1, 0.15) is 30.6 Å². The first kappa shape index (κ1) is 12.9. The van der Waals surface area contributed by atoms with E-state index in [0.29, 0.717) is 17.4 Å². The van der Waals surface area contributed by atoms with E-state index in [1.165, 1.54) is 24.2 Å². The molecule has 1 heterocycles. The molecule has 0 atom stereocenters. The van der Waals surface area contributed by atoms with Crippen LogP contribution in [0.4, 0.5) is 0 Å². The van der Waals surface area contributed by atoms with Gasteiger partial charge in [0, 0.05) is 17.5 Å². The lowest BCUT2D eigenvalue weighted by molar-refractivity contribution is 0.388. The lowest BCUT2D eigenvalue weighted by Gasteiger charge is -2.21. The number of halogens is 1. The largest absolute Gasteiger partial charge is 0.244 e. The molecule has 0 unspecified atom stereocenters. The molecule has 18 heavy (non-hydrogen) atoms. The average Bonchev–Trinajstić information content (AvgIpc) is 3.24. The van der Waals surface area contributed by atoms with Crippen LogP contribution in [-0.4, -0.2) is 25.3 Å². The predicted molar refractivity (Wildman–Crippen MR) is 73.5 cm³/mol. The average molecular weight is 306 g/mol. The van der Waals surface area contributed by atoms with Crippen molar-refractivity contribution < 1.29 is 8.42 Å². The Balaban J connectivity index is 1.90. The molecule has 2 aliphatic rings. The van der Waals surface area contributed by atoms with Crippen molar-refractivity contribution in [3.8, 4) is 0 Å². The third-order valence-corrected chi connectivity index (χ3v) is 6.98. The Morgan fingerprint density at radius 3 is 2.61 bits per heavy atom. The summed E-state index contributed by atoms with van der Waals surface area (Å²) in [6, 6.07) is 1.93. The second kappa shape index (κ2) is 4.78. The Bertz CT molecular complexity index is 532. The van der Waals surface area contributed by atoms with E-state index in [-0.39, 0.29) is 11.9 Å². The van der Waals surface area contributed by atoms with E-state index >= 15 is 0 Å². The number of alkyl halides is 1. The van der Waals surface area contributed by atoms with Gasteiger partial charge in [-0.05, 0) is 43.0 Å². The third-order valence-electron chi connectivity index (χ3n) is 3.50. The SMILES string of the molecule is O=S(=O)(c1ccsc1CCl)N(CC1CC1)C1CC1. The normalized spacial score (nSPS) is 20.6. The summed E-state index contributed by atoms with van der Waals surface area (Å²) in [5.74, 6) is 0.854. The van der Waals surface area contributed by atoms with Crippen LogP contribution in [-0.2, 0) is 15.9 Å². The number of rotatable bonds is 6. The van der Waals surface area contributed by atoms with Gasteiger partial charge in [0.15, 0.2) is 0 Å². The van der Waals surface area contributed by atoms with E-state index in [1.54, 1.807) is 10.4 Å². The summed E-state index contributed by atoms with van der Waals surface area (Å²) < 4.78 is 27.1. The minimum atomic E-state index is -3.33. The van der Waals surface area contributed by atoms with Crippen LogP contribution in [0.15, 0.2) is 16.3 Å². The molecule has 2 saturated carbocycles. The lowest BCUT2D eigenvalue weighted by atomic mass is 10.4. The quantitative estimate of drug-likeness (QED) is 0.758. The van der Waals surface area contributed by atoms with Gasteiger partial charge in [-0.3, -0.25) is 0 Å². The summed E-state index contributed by atoms with van der Waals surface area (Å²) >= 11 is 7.25. The molecule has 6 heteroatoms. The topological polar surface area (TPSA) is 37.4 Å². The molecule has 2 fully saturated rings. The van der Waals surface area contributed by atoms with Crippen LogP contribution in [0, 0.1) is 5.92 Å². The number of hydrogen-bond donors (Lipinski definition) is 0. The van der Waals surface area contributed by atoms with E-state index in [0.717, 1.165) is 17.7 Å². The lowest BCUT2D eigenvalue weighted by Crippen LogP contribution is -2.35. The Hall–Kier alpha value is -0.100. The molecule has 3 rings (SSSR count). The van der Waals surface area contributed by atoms with Crippen molar-refractivity contribution in [2.75, 3.05) is 6.54 Å². The summed E-state index contributed by atoms with van der Waals surface area (Å²) in [6.07, 6.45) is 4.36. The molecule has 0 amide bonds. The maximum Gasteiger partial charge on any atom is 0.244 e. The molecule has 1 aromatic heterocycles. The third kappa shape index (κ3) is 2.46. The Morgan fingerprint density at radius 1 is 1.33 bits per heavy atom. The Labute approximate surface area is 117 Å².